The molecule has 1 amide bonds. The maximum atomic E-state index is 11.4. The highest BCUT2D eigenvalue weighted by molar-refractivity contribution is 5.87. The fourth-order valence-electron chi connectivity index (χ4n) is 1.41. The molecule has 0 spiro atoms. The molecule has 86 valence electrons. The molecule has 0 aromatic rings. The van der Waals surface area contributed by atoms with E-state index in [-0.39, 0.29) is 25.5 Å². The second-order valence-electron chi connectivity index (χ2n) is 3.48. The van der Waals surface area contributed by atoms with Crippen LogP contribution < -0.4 is 5.32 Å². The highest BCUT2D eigenvalue weighted by Crippen LogP contribution is 2.18. The standard InChI is InChI=1S/C9H15NO5/c1-14-4-2-7(11)10-9(8(12)13)3-5-15-6-9/h2-6H2,1H3,(H,10,11)(H,12,13). The van der Waals surface area contributed by atoms with Gasteiger partial charge in [-0.1, -0.05) is 0 Å². The lowest BCUT2D eigenvalue weighted by Gasteiger charge is -2.23. The van der Waals surface area contributed by atoms with Crippen LogP contribution in [0.25, 0.3) is 0 Å². The van der Waals surface area contributed by atoms with E-state index in [1.807, 2.05) is 0 Å². The molecule has 2 N–H and O–H groups in total. The van der Waals surface area contributed by atoms with Gasteiger partial charge in [0.1, 0.15) is 0 Å². The number of nitrogens with one attached hydrogen (secondary N) is 1. The summed E-state index contributed by atoms with van der Waals surface area (Å²) in [5.74, 6) is -1.38. The number of hydrogen-bond acceptors (Lipinski definition) is 4. The summed E-state index contributed by atoms with van der Waals surface area (Å²) < 4.78 is 9.73. The van der Waals surface area contributed by atoms with Gasteiger partial charge < -0.3 is 19.9 Å². The first-order valence-corrected chi connectivity index (χ1v) is 4.72. The van der Waals surface area contributed by atoms with Gasteiger partial charge in [-0.05, 0) is 0 Å². The van der Waals surface area contributed by atoms with Crippen molar-refractivity contribution in [2.24, 2.45) is 0 Å². The van der Waals surface area contributed by atoms with Gasteiger partial charge in [0.15, 0.2) is 5.54 Å². The number of carboxylic acids is 1. The minimum atomic E-state index is -1.25. The third kappa shape index (κ3) is 2.90. The van der Waals surface area contributed by atoms with Gasteiger partial charge in [0.2, 0.25) is 5.91 Å². The van der Waals surface area contributed by atoms with Crippen LogP contribution in [0, 0.1) is 0 Å². The zero-order chi connectivity index (χ0) is 11.3. The van der Waals surface area contributed by atoms with Gasteiger partial charge >= 0.3 is 5.97 Å². The number of carboxylic acid groups (broad SMARTS) is 1. The Kier molecular flexibility index (Phi) is 4.05. The van der Waals surface area contributed by atoms with Crippen molar-refractivity contribution in [3.63, 3.8) is 0 Å². The van der Waals surface area contributed by atoms with Gasteiger partial charge in [0, 0.05) is 26.6 Å². The summed E-state index contributed by atoms with van der Waals surface area (Å²) in [4.78, 5) is 22.4. The van der Waals surface area contributed by atoms with E-state index < -0.39 is 11.5 Å². The molecule has 15 heavy (non-hydrogen) atoms. The second-order valence-corrected chi connectivity index (χ2v) is 3.48. The molecular weight excluding hydrogens is 202 g/mol. The number of methoxy groups -OCH3 is 1. The molecule has 1 heterocycles. The number of aliphatic carboxylic acids is 1. The Bertz CT molecular complexity index is 247. The summed E-state index contributed by atoms with van der Waals surface area (Å²) in [5.41, 5.74) is -1.25. The summed E-state index contributed by atoms with van der Waals surface area (Å²) >= 11 is 0. The van der Waals surface area contributed by atoms with E-state index in [0.29, 0.717) is 13.0 Å². The zero-order valence-corrected chi connectivity index (χ0v) is 8.62. The Morgan fingerprint density at radius 1 is 1.60 bits per heavy atom. The third-order valence-corrected chi connectivity index (χ3v) is 2.34. The maximum Gasteiger partial charge on any atom is 0.331 e. The molecule has 0 bridgehead atoms. The predicted octanol–water partition coefficient (Wildman–Crippen LogP) is -0.617. The van der Waals surface area contributed by atoms with Crippen LogP contribution in [0.5, 0.6) is 0 Å². The molecule has 1 atom stereocenters. The molecule has 1 saturated heterocycles. The van der Waals surface area contributed by atoms with Crippen molar-refractivity contribution in [3.05, 3.63) is 0 Å². The van der Waals surface area contributed by atoms with Crippen molar-refractivity contribution in [3.8, 4) is 0 Å². The van der Waals surface area contributed by atoms with Gasteiger partial charge in [-0.25, -0.2) is 4.79 Å². The average molecular weight is 217 g/mol. The summed E-state index contributed by atoms with van der Waals surface area (Å²) in [5, 5.41) is 11.5. The first-order chi connectivity index (χ1) is 7.10. The lowest BCUT2D eigenvalue weighted by atomic mass is 9.99. The Balaban J connectivity index is 2.52. The molecule has 6 nitrogen and oxygen atoms in total. The summed E-state index contributed by atoms with van der Waals surface area (Å²) in [6, 6.07) is 0. The lowest BCUT2D eigenvalue weighted by molar-refractivity contribution is -0.147. The average Bonchev–Trinajstić information content (AvgIpc) is 2.64. The minimum Gasteiger partial charge on any atom is -0.479 e. The van der Waals surface area contributed by atoms with Crippen LogP contribution in [-0.2, 0) is 19.1 Å². The first-order valence-electron chi connectivity index (χ1n) is 4.72. The fraction of sp³-hybridized carbons (Fsp3) is 0.778. The fourth-order valence-corrected chi connectivity index (χ4v) is 1.41. The van der Waals surface area contributed by atoms with Gasteiger partial charge in [0.05, 0.1) is 13.2 Å². The Labute approximate surface area is 87.5 Å². The topological polar surface area (TPSA) is 84.9 Å². The number of hydrogen-bond donors (Lipinski definition) is 2. The molecular formula is C9H15NO5. The molecule has 0 aromatic heterocycles. The molecule has 1 rings (SSSR count). The third-order valence-electron chi connectivity index (χ3n) is 2.34. The molecule has 0 saturated carbocycles. The van der Waals surface area contributed by atoms with Crippen LogP contribution in [-0.4, -0.2) is 49.5 Å². The number of carbonyl (C=O) groups excluding carboxylic acids is 1. The van der Waals surface area contributed by atoms with E-state index in [2.05, 4.69) is 5.32 Å². The molecule has 0 radical (unpaired) electrons. The summed E-state index contributed by atoms with van der Waals surface area (Å²) in [6.45, 7) is 0.667. The SMILES string of the molecule is COCCC(=O)NC1(C(=O)O)CCOC1. The molecule has 1 fully saturated rings. The molecule has 0 aliphatic carbocycles. The van der Waals surface area contributed by atoms with E-state index >= 15 is 0 Å². The second kappa shape index (κ2) is 5.09. The van der Waals surface area contributed by atoms with Crippen molar-refractivity contribution in [1.29, 1.82) is 0 Å². The van der Waals surface area contributed by atoms with Gasteiger partial charge in [-0.15, -0.1) is 0 Å². The van der Waals surface area contributed by atoms with Crippen LogP contribution in [0.15, 0.2) is 0 Å². The summed E-state index contributed by atoms with van der Waals surface area (Å²) in [6.07, 6.45) is 0.465. The van der Waals surface area contributed by atoms with Gasteiger partial charge in [-0.3, -0.25) is 4.79 Å². The van der Waals surface area contributed by atoms with Crippen LogP contribution in [0.3, 0.4) is 0 Å². The summed E-state index contributed by atoms with van der Waals surface area (Å²) in [7, 11) is 1.49. The highest BCUT2D eigenvalue weighted by Gasteiger charge is 2.43. The van der Waals surface area contributed by atoms with E-state index in [1.54, 1.807) is 0 Å². The molecule has 1 unspecified atom stereocenters. The number of amides is 1. The Morgan fingerprint density at radius 3 is 2.80 bits per heavy atom. The quantitative estimate of drug-likeness (QED) is 0.641. The smallest absolute Gasteiger partial charge is 0.331 e. The van der Waals surface area contributed by atoms with Gasteiger partial charge in [0.25, 0.3) is 0 Å². The molecule has 0 aromatic carbocycles. The van der Waals surface area contributed by atoms with E-state index in [4.69, 9.17) is 14.6 Å². The number of carbonyl (C=O) groups is 2. The molecule has 6 heteroatoms. The lowest BCUT2D eigenvalue weighted by Crippen LogP contribution is -2.55. The van der Waals surface area contributed by atoms with E-state index in [1.165, 1.54) is 7.11 Å². The number of rotatable bonds is 5. The first kappa shape index (κ1) is 11.9. The monoisotopic (exact) mass is 217 g/mol. The van der Waals surface area contributed by atoms with Crippen LogP contribution >= 0.6 is 0 Å². The van der Waals surface area contributed by atoms with Crippen molar-refractivity contribution >= 4 is 11.9 Å². The maximum absolute atomic E-state index is 11.4. The predicted molar refractivity (Wildman–Crippen MR) is 50.4 cm³/mol. The van der Waals surface area contributed by atoms with Crippen molar-refractivity contribution in [2.75, 3.05) is 26.9 Å². The highest BCUT2D eigenvalue weighted by atomic mass is 16.5. The van der Waals surface area contributed by atoms with E-state index in [0.717, 1.165) is 0 Å². The van der Waals surface area contributed by atoms with Crippen molar-refractivity contribution < 1.29 is 24.2 Å². The van der Waals surface area contributed by atoms with Crippen molar-refractivity contribution in [2.45, 2.75) is 18.4 Å². The number of ether oxygens (including phenoxy) is 2. The molecule has 1 aliphatic heterocycles. The Morgan fingerprint density at radius 2 is 2.33 bits per heavy atom. The largest absolute Gasteiger partial charge is 0.479 e. The van der Waals surface area contributed by atoms with Crippen molar-refractivity contribution in [1.82, 2.24) is 5.32 Å². The van der Waals surface area contributed by atoms with Crippen LogP contribution in [0.4, 0.5) is 0 Å². The van der Waals surface area contributed by atoms with Crippen LogP contribution in [0.1, 0.15) is 12.8 Å². The van der Waals surface area contributed by atoms with Crippen LogP contribution in [0.2, 0.25) is 0 Å². The zero-order valence-electron chi connectivity index (χ0n) is 8.62. The Hall–Kier alpha value is -1.14. The normalized spacial score (nSPS) is 25.1. The molecule has 1 aliphatic rings. The van der Waals surface area contributed by atoms with E-state index in [9.17, 15) is 9.59 Å². The van der Waals surface area contributed by atoms with Gasteiger partial charge in [-0.2, -0.15) is 0 Å². The minimum absolute atomic E-state index is 0.0288.